The number of rotatable bonds is 9. The number of halogens is 1. The molecule has 0 spiro atoms. The minimum Gasteiger partial charge on any atom is -0.353 e. The van der Waals surface area contributed by atoms with Gasteiger partial charge >= 0.3 is 0 Å². The summed E-state index contributed by atoms with van der Waals surface area (Å²) in [5, 5.41) is 13.2. The minimum atomic E-state index is -3.89. The van der Waals surface area contributed by atoms with E-state index in [-0.39, 0.29) is 47.9 Å². The maximum absolute atomic E-state index is 12.1. The first-order valence-corrected chi connectivity index (χ1v) is 8.94. The van der Waals surface area contributed by atoms with E-state index in [4.69, 9.17) is 5.73 Å². The topological polar surface area (TPSA) is 144 Å². The average Bonchev–Trinajstić information content (AvgIpc) is 2.57. The van der Waals surface area contributed by atoms with Crippen LogP contribution in [-0.4, -0.2) is 38.4 Å². The molecule has 0 aliphatic rings. The number of nitrogens with one attached hydrogen (secondary N) is 2. The van der Waals surface area contributed by atoms with Crippen LogP contribution in [-0.2, 0) is 14.8 Å². The maximum Gasteiger partial charge on any atom is 0.270 e. The Balaban J connectivity index is 0.00000576. The molecule has 1 amide bonds. The fourth-order valence-electron chi connectivity index (χ4n) is 1.85. The average molecular weight is 395 g/mol. The lowest BCUT2D eigenvalue weighted by atomic mass is 9.99. The number of non-ortho nitro benzene ring substituents is 1. The van der Waals surface area contributed by atoms with E-state index in [2.05, 4.69) is 10.0 Å². The van der Waals surface area contributed by atoms with Crippen molar-refractivity contribution in [2.75, 3.05) is 13.1 Å². The normalized spacial score (nSPS) is 13.4. The quantitative estimate of drug-likeness (QED) is 0.320. The van der Waals surface area contributed by atoms with E-state index in [0.717, 1.165) is 12.5 Å². The van der Waals surface area contributed by atoms with Crippen LogP contribution in [0, 0.1) is 16.0 Å². The standard InChI is InChI=1S/C14H22N4O5S.ClH/c1-3-10(2)13(15)14(19)16-7-8-17-24(22,23)12-6-4-5-11(9-12)18(20)21;/h4-6,9-10,13,17H,3,7-8,15H2,1-2H3,(H,16,19);1H. The molecule has 9 nitrogen and oxygen atoms in total. The number of nitro groups is 1. The first-order valence-electron chi connectivity index (χ1n) is 7.46. The summed E-state index contributed by atoms with van der Waals surface area (Å²) in [6, 6.07) is 4.07. The van der Waals surface area contributed by atoms with Gasteiger partial charge in [0, 0.05) is 25.2 Å². The van der Waals surface area contributed by atoms with E-state index < -0.39 is 21.0 Å². The summed E-state index contributed by atoms with van der Waals surface area (Å²) >= 11 is 0. The van der Waals surface area contributed by atoms with E-state index in [1.165, 1.54) is 18.2 Å². The second-order valence-corrected chi connectivity index (χ2v) is 7.12. The van der Waals surface area contributed by atoms with Gasteiger partial charge in [-0.3, -0.25) is 14.9 Å². The molecule has 0 radical (unpaired) electrons. The Hall–Kier alpha value is -1.75. The van der Waals surface area contributed by atoms with E-state index in [9.17, 15) is 23.3 Å². The van der Waals surface area contributed by atoms with Gasteiger partial charge in [-0.25, -0.2) is 13.1 Å². The zero-order valence-electron chi connectivity index (χ0n) is 14.0. The summed E-state index contributed by atoms with van der Waals surface area (Å²) in [4.78, 5) is 21.6. The number of hydrogen-bond acceptors (Lipinski definition) is 6. The first kappa shape index (κ1) is 23.2. The Morgan fingerprint density at radius 1 is 1.36 bits per heavy atom. The number of carbonyl (C=O) groups excluding carboxylic acids is 1. The van der Waals surface area contributed by atoms with Crippen LogP contribution in [0.25, 0.3) is 0 Å². The number of benzene rings is 1. The van der Waals surface area contributed by atoms with Crippen molar-refractivity contribution in [1.82, 2.24) is 10.0 Å². The number of nitro benzene ring substituents is 1. The molecular formula is C14H23ClN4O5S. The van der Waals surface area contributed by atoms with Crippen LogP contribution in [0.5, 0.6) is 0 Å². The molecule has 4 N–H and O–H groups in total. The SMILES string of the molecule is CCC(C)C(N)C(=O)NCCNS(=O)(=O)c1cccc([N+](=O)[O-])c1.Cl. The molecular weight excluding hydrogens is 372 g/mol. The molecule has 2 unspecified atom stereocenters. The van der Waals surface area contributed by atoms with E-state index in [1.54, 1.807) is 0 Å². The van der Waals surface area contributed by atoms with Crippen molar-refractivity contribution in [3.8, 4) is 0 Å². The molecule has 142 valence electrons. The number of amides is 1. The summed E-state index contributed by atoms with van der Waals surface area (Å²) in [5.74, 6) is -0.328. The van der Waals surface area contributed by atoms with Gasteiger partial charge in [0.15, 0.2) is 0 Å². The molecule has 1 aromatic rings. The third-order valence-electron chi connectivity index (χ3n) is 3.61. The Morgan fingerprint density at radius 2 is 2.00 bits per heavy atom. The first-order chi connectivity index (χ1) is 11.2. The van der Waals surface area contributed by atoms with E-state index >= 15 is 0 Å². The van der Waals surface area contributed by atoms with Crippen LogP contribution in [0.4, 0.5) is 5.69 Å². The lowest BCUT2D eigenvalue weighted by Gasteiger charge is -2.17. The Morgan fingerprint density at radius 3 is 2.56 bits per heavy atom. The van der Waals surface area contributed by atoms with Crippen LogP contribution in [0.2, 0.25) is 0 Å². The zero-order valence-corrected chi connectivity index (χ0v) is 15.6. The summed E-state index contributed by atoms with van der Waals surface area (Å²) in [6.07, 6.45) is 0.758. The molecule has 11 heteroatoms. The van der Waals surface area contributed by atoms with Gasteiger partial charge in [-0.05, 0) is 12.0 Å². The van der Waals surface area contributed by atoms with Crippen molar-refractivity contribution in [1.29, 1.82) is 0 Å². The third-order valence-corrected chi connectivity index (χ3v) is 5.07. The van der Waals surface area contributed by atoms with Crippen LogP contribution < -0.4 is 15.8 Å². The lowest BCUT2D eigenvalue weighted by Crippen LogP contribution is -2.46. The second kappa shape index (κ2) is 10.3. The van der Waals surface area contributed by atoms with Gasteiger partial charge < -0.3 is 11.1 Å². The third kappa shape index (κ3) is 6.94. The van der Waals surface area contributed by atoms with Gasteiger partial charge in [0.25, 0.3) is 5.69 Å². The predicted octanol–water partition coefficient (Wildman–Crippen LogP) is 0.785. The maximum atomic E-state index is 12.1. The highest BCUT2D eigenvalue weighted by Crippen LogP contribution is 2.16. The summed E-state index contributed by atoms with van der Waals surface area (Å²) in [6.45, 7) is 3.79. The van der Waals surface area contributed by atoms with Gasteiger partial charge in [0.2, 0.25) is 15.9 Å². The molecule has 0 heterocycles. The van der Waals surface area contributed by atoms with Gasteiger partial charge in [-0.15, -0.1) is 12.4 Å². The van der Waals surface area contributed by atoms with Crippen LogP contribution in [0.1, 0.15) is 20.3 Å². The van der Waals surface area contributed by atoms with Crippen LogP contribution >= 0.6 is 12.4 Å². The Kier molecular flexibility index (Phi) is 9.57. The van der Waals surface area contributed by atoms with Crippen molar-refractivity contribution < 1.29 is 18.1 Å². The number of hydrogen-bond donors (Lipinski definition) is 3. The molecule has 0 saturated heterocycles. The number of sulfonamides is 1. The largest absolute Gasteiger partial charge is 0.353 e. The van der Waals surface area contributed by atoms with E-state index in [0.29, 0.717) is 0 Å². The molecule has 0 aliphatic carbocycles. The molecule has 1 rings (SSSR count). The molecule has 0 fully saturated rings. The molecule has 25 heavy (non-hydrogen) atoms. The Labute approximate surface area is 153 Å². The molecule has 1 aromatic carbocycles. The van der Waals surface area contributed by atoms with Crippen molar-refractivity contribution >= 4 is 34.0 Å². The monoisotopic (exact) mass is 394 g/mol. The van der Waals surface area contributed by atoms with E-state index in [1.807, 2.05) is 13.8 Å². The van der Waals surface area contributed by atoms with Gasteiger partial charge in [0.1, 0.15) is 0 Å². The fourth-order valence-corrected chi connectivity index (χ4v) is 2.92. The van der Waals surface area contributed by atoms with Crippen molar-refractivity contribution in [3.63, 3.8) is 0 Å². The molecule has 0 bridgehead atoms. The van der Waals surface area contributed by atoms with Gasteiger partial charge in [0.05, 0.1) is 15.9 Å². The highest BCUT2D eigenvalue weighted by molar-refractivity contribution is 7.89. The summed E-state index contributed by atoms with van der Waals surface area (Å²) in [5.41, 5.74) is 5.45. The highest BCUT2D eigenvalue weighted by Gasteiger charge is 2.20. The molecule has 0 aromatic heterocycles. The number of carbonyl (C=O) groups is 1. The smallest absolute Gasteiger partial charge is 0.270 e. The predicted molar refractivity (Wildman–Crippen MR) is 96.0 cm³/mol. The van der Waals surface area contributed by atoms with Gasteiger partial charge in [-0.1, -0.05) is 26.3 Å². The second-order valence-electron chi connectivity index (χ2n) is 5.35. The Bertz CT molecular complexity index is 698. The van der Waals surface area contributed by atoms with Crippen molar-refractivity contribution in [2.45, 2.75) is 31.2 Å². The van der Waals surface area contributed by atoms with Crippen molar-refractivity contribution in [3.05, 3.63) is 34.4 Å². The minimum absolute atomic E-state index is 0. The molecule has 0 aliphatic heterocycles. The number of nitrogens with two attached hydrogens (primary N) is 1. The molecule has 0 saturated carbocycles. The van der Waals surface area contributed by atoms with Crippen LogP contribution in [0.15, 0.2) is 29.2 Å². The number of nitrogens with zero attached hydrogens (tertiary/aromatic N) is 1. The van der Waals surface area contributed by atoms with Crippen molar-refractivity contribution in [2.24, 2.45) is 11.7 Å². The zero-order chi connectivity index (χ0) is 18.3. The summed E-state index contributed by atoms with van der Waals surface area (Å²) < 4.78 is 26.4. The summed E-state index contributed by atoms with van der Waals surface area (Å²) in [7, 11) is -3.89. The fraction of sp³-hybridized carbons (Fsp3) is 0.500. The highest BCUT2D eigenvalue weighted by atomic mass is 35.5. The lowest BCUT2D eigenvalue weighted by molar-refractivity contribution is -0.385. The van der Waals surface area contributed by atoms with Crippen LogP contribution in [0.3, 0.4) is 0 Å². The molecule has 2 atom stereocenters. The van der Waals surface area contributed by atoms with Gasteiger partial charge in [-0.2, -0.15) is 0 Å².